The molecule has 2 aromatic rings. The molecule has 1 heterocycles. The average Bonchev–Trinajstić information content (AvgIpc) is 2.34. The van der Waals surface area contributed by atoms with Gasteiger partial charge >= 0.3 is 0 Å². The Labute approximate surface area is 95.1 Å². The number of benzene rings is 1. The first-order chi connectivity index (χ1) is 7.36. The van der Waals surface area contributed by atoms with Gasteiger partial charge in [-0.3, -0.25) is 4.98 Å². The highest BCUT2D eigenvalue weighted by Gasteiger charge is 1.90. The zero-order valence-electron chi connectivity index (χ0n) is 9.99. The van der Waals surface area contributed by atoms with E-state index in [1.165, 1.54) is 10.9 Å². The van der Waals surface area contributed by atoms with Gasteiger partial charge in [0, 0.05) is 11.6 Å². The highest BCUT2D eigenvalue weighted by molar-refractivity contribution is 7.15. The molecule has 0 aliphatic rings. The molecule has 0 N–H and O–H groups in total. The predicted molar refractivity (Wildman–Crippen MR) is 73.5 cm³/mol. The van der Waals surface area contributed by atoms with Gasteiger partial charge in [0.1, 0.15) is 0 Å². The number of aryl methyl sites for hydroxylation is 1. The van der Waals surface area contributed by atoms with E-state index in [-0.39, 0.29) is 0 Å². The molecule has 1 aromatic carbocycles. The van der Waals surface area contributed by atoms with Crippen LogP contribution in [0, 0.1) is 6.92 Å². The van der Waals surface area contributed by atoms with E-state index in [2.05, 4.69) is 39.3 Å². The Morgan fingerprint density at radius 1 is 1.07 bits per heavy atom. The standard InChI is InChI=1S/C10H9N.C2H6.CH5P/c1-8-4-5-10-9(7-8)3-2-6-11-10;2*1-2/h2-7H,1H3;1-2H3;2H2,1H3. The average molecular weight is 221 g/mol. The Bertz CT molecular complexity index is 385. The fourth-order valence-electron chi connectivity index (χ4n) is 1.20. The van der Waals surface area contributed by atoms with Crippen LogP contribution < -0.4 is 0 Å². The van der Waals surface area contributed by atoms with Crippen molar-refractivity contribution in [3.05, 3.63) is 42.1 Å². The number of fused-ring (bicyclic) bond motifs is 1. The summed E-state index contributed by atoms with van der Waals surface area (Å²) in [7, 11) is 2.42. The molecule has 1 unspecified atom stereocenters. The first-order valence-electron chi connectivity index (χ1n) is 5.25. The molecule has 0 amide bonds. The Morgan fingerprint density at radius 3 is 2.40 bits per heavy atom. The molecule has 82 valence electrons. The monoisotopic (exact) mass is 221 g/mol. The van der Waals surface area contributed by atoms with Crippen LogP contribution in [0.3, 0.4) is 0 Å². The molecular weight excluding hydrogens is 201 g/mol. The molecule has 0 aliphatic carbocycles. The summed E-state index contributed by atoms with van der Waals surface area (Å²) in [6, 6.07) is 10.3. The minimum Gasteiger partial charge on any atom is -0.256 e. The summed E-state index contributed by atoms with van der Waals surface area (Å²) in [5.41, 5.74) is 2.35. The number of nitrogens with zero attached hydrogens (tertiary/aromatic N) is 1. The lowest BCUT2D eigenvalue weighted by Gasteiger charge is -1.95. The lowest BCUT2D eigenvalue weighted by Crippen LogP contribution is -1.77. The van der Waals surface area contributed by atoms with E-state index in [9.17, 15) is 0 Å². The van der Waals surface area contributed by atoms with Gasteiger partial charge in [0.25, 0.3) is 0 Å². The van der Waals surface area contributed by atoms with Crippen LogP contribution in [-0.2, 0) is 0 Å². The molecule has 1 atom stereocenters. The molecule has 0 saturated heterocycles. The molecule has 0 fully saturated rings. The molecule has 1 aromatic heterocycles. The lowest BCUT2D eigenvalue weighted by molar-refractivity contribution is 1.39. The van der Waals surface area contributed by atoms with Crippen molar-refractivity contribution in [3.63, 3.8) is 0 Å². The number of hydrogen-bond acceptors (Lipinski definition) is 1. The normalized spacial score (nSPS) is 8.33. The number of rotatable bonds is 0. The van der Waals surface area contributed by atoms with E-state index in [4.69, 9.17) is 0 Å². The Hall–Kier alpha value is -0.940. The molecule has 0 aliphatic heterocycles. The summed E-state index contributed by atoms with van der Waals surface area (Å²) in [6.45, 7) is 8.01. The quantitative estimate of drug-likeness (QED) is 0.611. The predicted octanol–water partition coefficient (Wildman–Crippen LogP) is 4.06. The van der Waals surface area contributed by atoms with Gasteiger partial charge in [-0.2, -0.15) is 0 Å². The maximum atomic E-state index is 4.22. The zero-order valence-corrected chi connectivity index (χ0v) is 11.1. The van der Waals surface area contributed by atoms with Gasteiger partial charge in [-0.25, -0.2) is 0 Å². The van der Waals surface area contributed by atoms with Crippen LogP contribution in [0.1, 0.15) is 19.4 Å². The van der Waals surface area contributed by atoms with Crippen molar-refractivity contribution in [2.45, 2.75) is 20.8 Å². The van der Waals surface area contributed by atoms with Crippen LogP contribution in [0.25, 0.3) is 10.9 Å². The summed E-state index contributed by atoms with van der Waals surface area (Å²) < 4.78 is 0. The summed E-state index contributed by atoms with van der Waals surface area (Å²) in [4.78, 5) is 4.22. The van der Waals surface area contributed by atoms with Crippen molar-refractivity contribution < 1.29 is 0 Å². The third-order valence-corrected chi connectivity index (χ3v) is 1.76. The topological polar surface area (TPSA) is 12.9 Å². The third-order valence-electron chi connectivity index (χ3n) is 1.76. The lowest BCUT2D eigenvalue weighted by atomic mass is 10.1. The van der Waals surface area contributed by atoms with Crippen molar-refractivity contribution in [1.82, 2.24) is 4.98 Å². The van der Waals surface area contributed by atoms with Crippen LogP contribution in [0.5, 0.6) is 0 Å². The first-order valence-corrected chi connectivity index (χ1v) is 6.41. The van der Waals surface area contributed by atoms with Crippen molar-refractivity contribution in [1.29, 1.82) is 0 Å². The fraction of sp³-hybridized carbons (Fsp3) is 0.308. The Morgan fingerprint density at radius 2 is 1.73 bits per heavy atom. The second kappa shape index (κ2) is 8.38. The van der Waals surface area contributed by atoms with E-state index >= 15 is 0 Å². The van der Waals surface area contributed by atoms with Gasteiger partial charge in [-0.05, 0) is 25.1 Å². The second-order valence-corrected chi connectivity index (χ2v) is 2.70. The van der Waals surface area contributed by atoms with Crippen molar-refractivity contribution >= 4 is 20.1 Å². The van der Waals surface area contributed by atoms with Gasteiger partial charge in [0.05, 0.1) is 5.52 Å². The molecule has 2 rings (SSSR count). The van der Waals surface area contributed by atoms with Gasteiger partial charge in [-0.15, -0.1) is 9.24 Å². The number of hydrogen-bond donors (Lipinski definition) is 0. The Balaban J connectivity index is 0.000000442. The van der Waals surface area contributed by atoms with Gasteiger partial charge in [0.15, 0.2) is 0 Å². The minimum atomic E-state index is 1.07. The number of pyridine rings is 1. The largest absolute Gasteiger partial charge is 0.256 e. The van der Waals surface area contributed by atoms with Crippen LogP contribution in [0.4, 0.5) is 0 Å². The van der Waals surface area contributed by atoms with Crippen LogP contribution >= 0.6 is 9.24 Å². The maximum absolute atomic E-state index is 4.22. The molecule has 0 saturated carbocycles. The second-order valence-electron chi connectivity index (χ2n) is 2.70. The molecular formula is C13H20NP. The summed E-state index contributed by atoms with van der Waals surface area (Å²) in [5.74, 6) is 0. The van der Waals surface area contributed by atoms with Crippen molar-refractivity contribution in [3.8, 4) is 0 Å². The van der Waals surface area contributed by atoms with E-state index < -0.39 is 0 Å². The van der Waals surface area contributed by atoms with Crippen LogP contribution in [-0.4, -0.2) is 11.6 Å². The summed E-state index contributed by atoms with van der Waals surface area (Å²) in [6.07, 6.45) is 1.82. The summed E-state index contributed by atoms with van der Waals surface area (Å²) >= 11 is 0. The number of aromatic nitrogens is 1. The van der Waals surface area contributed by atoms with Gasteiger partial charge < -0.3 is 0 Å². The third kappa shape index (κ3) is 4.40. The Kier molecular flexibility index (Phi) is 7.85. The van der Waals surface area contributed by atoms with E-state index in [0.717, 1.165) is 5.52 Å². The van der Waals surface area contributed by atoms with E-state index in [0.29, 0.717) is 0 Å². The van der Waals surface area contributed by atoms with Crippen LogP contribution in [0.15, 0.2) is 36.5 Å². The molecule has 1 nitrogen and oxygen atoms in total. The zero-order chi connectivity index (χ0) is 11.7. The molecule has 0 spiro atoms. The van der Waals surface area contributed by atoms with Crippen molar-refractivity contribution in [2.75, 3.05) is 6.66 Å². The van der Waals surface area contributed by atoms with E-state index in [1.54, 1.807) is 0 Å². The molecule has 0 bridgehead atoms. The van der Waals surface area contributed by atoms with Gasteiger partial charge in [-0.1, -0.05) is 38.2 Å². The minimum absolute atomic E-state index is 1.07. The SMILES string of the molecule is CC.CP.Cc1ccc2ncccc2c1. The first kappa shape index (κ1) is 14.1. The summed E-state index contributed by atoms with van der Waals surface area (Å²) in [5, 5.41) is 1.22. The molecule has 15 heavy (non-hydrogen) atoms. The maximum Gasteiger partial charge on any atom is 0.0702 e. The highest BCUT2D eigenvalue weighted by Crippen LogP contribution is 2.11. The smallest absolute Gasteiger partial charge is 0.0702 e. The molecule has 0 radical (unpaired) electrons. The van der Waals surface area contributed by atoms with E-state index in [1.807, 2.05) is 38.8 Å². The van der Waals surface area contributed by atoms with Gasteiger partial charge in [0.2, 0.25) is 0 Å². The molecule has 2 heteroatoms. The highest BCUT2D eigenvalue weighted by atomic mass is 31.0. The van der Waals surface area contributed by atoms with Crippen LogP contribution in [0.2, 0.25) is 0 Å². The van der Waals surface area contributed by atoms with Crippen molar-refractivity contribution in [2.24, 2.45) is 0 Å². The fourth-order valence-corrected chi connectivity index (χ4v) is 1.20.